The van der Waals surface area contributed by atoms with Crippen molar-refractivity contribution in [2.45, 2.75) is 13.8 Å². The standard InChI is InChI=1S/C9H9N.2C5H5.Zr/c1-7-4-3-5-9(6-7)8(2)10;2*1-2-4-5-3-1;/h3-5H,1-2H3;2*1-5H;/q-2;;;+2. The Morgan fingerprint density at radius 1 is 0.810 bits per heavy atom. The molecule has 0 saturated heterocycles. The first kappa shape index (κ1) is 20.8. The molecule has 21 heavy (non-hydrogen) atoms. The minimum absolute atomic E-state index is 0. The first-order valence-corrected chi connectivity index (χ1v) is 6.55. The molecule has 0 N–H and O–H groups in total. The summed E-state index contributed by atoms with van der Waals surface area (Å²) in [6.45, 7) is 3.61. The van der Waals surface area contributed by atoms with Crippen molar-refractivity contribution in [2.24, 2.45) is 0 Å². The van der Waals surface area contributed by atoms with Crippen molar-refractivity contribution in [3.05, 3.63) is 105 Å². The molecular formula is C19H19NZr. The van der Waals surface area contributed by atoms with E-state index in [0.717, 1.165) is 11.1 Å². The third-order valence-electron chi connectivity index (χ3n) is 2.44. The molecule has 10 radical (unpaired) electrons. The second kappa shape index (κ2) is 13.4. The van der Waals surface area contributed by atoms with Crippen molar-refractivity contribution in [3.63, 3.8) is 0 Å². The van der Waals surface area contributed by atoms with Crippen molar-refractivity contribution >= 4 is 5.71 Å². The fourth-order valence-electron chi connectivity index (χ4n) is 1.44. The molecule has 0 unspecified atom stereocenters. The van der Waals surface area contributed by atoms with E-state index in [4.69, 9.17) is 5.41 Å². The van der Waals surface area contributed by atoms with Gasteiger partial charge in [-0.25, -0.2) is 0 Å². The van der Waals surface area contributed by atoms with Crippen LogP contribution in [0.1, 0.15) is 18.1 Å². The van der Waals surface area contributed by atoms with Gasteiger partial charge in [-0.1, -0.05) is 13.8 Å². The van der Waals surface area contributed by atoms with Gasteiger partial charge in [0, 0.05) is 0 Å². The first-order valence-electron chi connectivity index (χ1n) is 6.55. The SMILES string of the molecule is CC(=[N-])c1[c-]c(C)ccc1.[CH]1[CH][CH][CH][CH]1.[CH]1[CH][CH][CH][CH]1.[Zr+2]. The predicted octanol–water partition coefficient (Wildman–Crippen LogP) is 4.21. The summed E-state index contributed by atoms with van der Waals surface area (Å²) in [6, 6.07) is 8.71. The molecule has 2 aliphatic rings. The van der Waals surface area contributed by atoms with Gasteiger partial charge in [-0.15, -0.1) is 29.8 Å². The summed E-state index contributed by atoms with van der Waals surface area (Å²) in [7, 11) is 0. The molecule has 2 heteroatoms. The minimum Gasteiger partial charge on any atom is -0.859 e. The van der Waals surface area contributed by atoms with E-state index in [2.05, 4.69) is 6.07 Å². The number of aryl methyl sites for hydroxylation is 1. The van der Waals surface area contributed by atoms with Gasteiger partial charge >= 0.3 is 26.2 Å². The number of benzene rings is 1. The van der Waals surface area contributed by atoms with Crippen molar-refractivity contribution < 1.29 is 26.2 Å². The zero-order valence-corrected chi connectivity index (χ0v) is 14.9. The topological polar surface area (TPSA) is 22.3 Å². The Kier molecular flexibility index (Phi) is 13.3. The predicted molar refractivity (Wildman–Crippen MR) is 86.2 cm³/mol. The molecule has 2 saturated carbocycles. The second-order valence-electron chi connectivity index (χ2n) is 4.26. The van der Waals surface area contributed by atoms with Gasteiger partial charge in [0.15, 0.2) is 0 Å². The van der Waals surface area contributed by atoms with Crippen LogP contribution in [0.3, 0.4) is 0 Å². The van der Waals surface area contributed by atoms with Crippen LogP contribution in [0.5, 0.6) is 0 Å². The van der Waals surface area contributed by atoms with E-state index in [0.29, 0.717) is 5.71 Å². The van der Waals surface area contributed by atoms with Crippen LogP contribution < -0.4 is 0 Å². The molecule has 0 spiro atoms. The summed E-state index contributed by atoms with van der Waals surface area (Å²) in [5, 5.41) is 9.03. The van der Waals surface area contributed by atoms with Gasteiger partial charge < -0.3 is 5.41 Å². The Morgan fingerprint density at radius 2 is 1.19 bits per heavy atom. The molecule has 1 nitrogen and oxygen atoms in total. The molecule has 1 aromatic carbocycles. The summed E-state index contributed by atoms with van der Waals surface area (Å²) in [4.78, 5) is 0. The smallest absolute Gasteiger partial charge is 0.859 e. The summed E-state index contributed by atoms with van der Waals surface area (Å²) in [5.74, 6) is 0. The van der Waals surface area contributed by atoms with Gasteiger partial charge in [0.25, 0.3) is 0 Å². The summed E-state index contributed by atoms with van der Waals surface area (Å²) in [6.07, 6.45) is 20.0. The molecule has 3 rings (SSSR count). The molecule has 0 heterocycles. The van der Waals surface area contributed by atoms with Gasteiger partial charge in [-0.3, -0.25) is 5.71 Å². The average molecular weight is 353 g/mol. The fraction of sp³-hybridized carbons (Fsp3) is 0.105. The average Bonchev–Trinajstić information content (AvgIpc) is 3.17. The van der Waals surface area contributed by atoms with Crippen LogP contribution in [0.2, 0.25) is 0 Å². The van der Waals surface area contributed by atoms with Gasteiger partial charge in [0.05, 0.1) is 0 Å². The summed E-state index contributed by atoms with van der Waals surface area (Å²) in [5.41, 5.74) is 2.15. The van der Waals surface area contributed by atoms with E-state index >= 15 is 0 Å². The number of rotatable bonds is 1. The minimum atomic E-state index is 0. The Morgan fingerprint density at radius 3 is 1.43 bits per heavy atom. The van der Waals surface area contributed by atoms with Crippen LogP contribution in [0.4, 0.5) is 0 Å². The van der Waals surface area contributed by atoms with Crippen molar-refractivity contribution in [2.75, 3.05) is 0 Å². The van der Waals surface area contributed by atoms with Crippen LogP contribution in [-0.4, -0.2) is 5.71 Å². The first-order chi connectivity index (χ1) is 9.70. The van der Waals surface area contributed by atoms with Crippen LogP contribution in [0.15, 0.2) is 18.2 Å². The fourth-order valence-corrected chi connectivity index (χ4v) is 1.44. The van der Waals surface area contributed by atoms with Crippen LogP contribution in [-0.2, 0) is 26.2 Å². The Labute approximate surface area is 150 Å². The van der Waals surface area contributed by atoms with Crippen molar-refractivity contribution in [1.29, 1.82) is 0 Å². The van der Waals surface area contributed by atoms with E-state index in [1.54, 1.807) is 6.92 Å². The van der Waals surface area contributed by atoms with E-state index in [1.165, 1.54) is 0 Å². The zero-order valence-electron chi connectivity index (χ0n) is 12.5. The van der Waals surface area contributed by atoms with Crippen LogP contribution in [0, 0.1) is 77.2 Å². The molecule has 0 bridgehead atoms. The molecule has 0 atom stereocenters. The van der Waals surface area contributed by atoms with Gasteiger partial charge in [0.2, 0.25) is 0 Å². The number of hydrogen-bond acceptors (Lipinski definition) is 0. The summed E-state index contributed by atoms with van der Waals surface area (Å²) < 4.78 is 0. The second-order valence-corrected chi connectivity index (χ2v) is 4.26. The molecular weight excluding hydrogens is 333 g/mol. The number of nitrogens with zero attached hydrogens (tertiary/aromatic N) is 1. The molecule has 1 aromatic rings. The zero-order chi connectivity index (χ0) is 14.6. The van der Waals surface area contributed by atoms with Crippen molar-refractivity contribution in [1.82, 2.24) is 0 Å². The number of hydrogen-bond donors (Lipinski definition) is 0. The van der Waals surface area contributed by atoms with Crippen molar-refractivity contribution in [3.8, 4) is 0 Å². The maximum Gasteiger partial charge on any atom is 2.00 e. The normalized spacial score (nSPS) is 15.9. The molecule has 0 aromatic heterocycles. The molecule has 2 aliphatic carbocycles. The quantitative estimate of drug-likeness (QED) is 0.533. The van der Waals surface area contributed by atoms with Gasteiger partial charge in [-0.2, -0.15) is 5.56 Å². The van der Waals surface area contributed by atoms with Gasteiger partial charge in [0.1, 0.15) is 0 Å². The maximum absolute atomic E-state index is 9.03. The molecule has 104 valence electrons. The Hall–Kier alpha value is -0.227. The largest absolute Gasteiger partial charge is 2.00 e. The van der Waals surface area contributed by atoms with E-state index < -0.39 is 0 Å². The van der Waals surface area contributed by atoms with E-state index in [1.807, 2.05) is 89.3 Å². The van der Waals surface area contributed by atoms with Gasteiger partial charge in [-0.05, 0) is 64.2 Å². The monoisotopic (exact) mass is 351 g/mol. The third kappa shape index (κ3) is 11.1. The molecule has 2 fully saturated rings. The van der Waals surface area contributed by atoms with E-state index in [-0.39, 0.29) is 26.2 Å². The van der Waals surface area contributed by atoms with E-state index in [9.17, 15) is 0 Å². The summed E-state index contributed by atoms with van der Waals surface area (Å²) >= 11 is 0. The maximum atomic E-state index is 9.03. The van der Waals surface area contributed by atoms with Crippen LogP contribution >= 0.6 is 0 Å². The van der Waals surface area contributed by atoms with Crippen LogP contribution in [0.25, 0.3) is 5.41 Å². The molecule has 0 amide bonds. The molecule has 0 aliphatic heterocycles. The Balaban J connectivity index is 0.000000307. The Bertz CT molecular complexity index is 354. The third-order valence-corrected chi connectivity index (χ3v) is 2.44.